The van der Waals surface area contributed by atoms with E-state index in [0.717, 1.165) is 4.90 Å². The average molecular weight is 294 g/mol. The fraction of sp³-hybridized carbons (Fsp3) is 0.556. The highest BCUT2D eigenvalue weighted by Gasteiger charge is 2.64. The third kappa shape index (κ3) is 2.04. The van der Waals surface area contributed by atoms with Crippen LogP contribution in [0.1, 0.15) is 6.42 Å². The maximum Gasteiger partial charge on any atom is 0.406 e. The van der Waals surface area contributed by atoms with Crippen LogP contribution < -0.4 is 16.1 Å². The number of hydrogen-bond donors (Lipinski definition) is 3. The zero-order valence-electron chi connectivity index (χ0n) is 9.82. The van der Waals surface area contributed by atoms with Gasteiger partial charge in [0.05, 0.1) is 0 Å². The fourth-order valence-corrected chi connectivity index (χ4v) is 2.07. The zero-order valence-corrected chi connectivity index (χ0v) is 9.82. The Morgan fingerprint density at radius 1 is 1.40 bits per heavy atom. The molecule has 0 saturated carbocycles. The van der Waals surface area contributed by atoms with Gasteiger partial charge < -0.3 is 10.0 Å². The molecule has 2 rings (SSSR count). The maximum absolute atomic E-state index is 12.9. The normalized spacial score (nSPS) is 23.1. The van der Waals surface area contributed by atoms with Crippen molar-refractivity contribution in [3.8, 4) is 0 Å². The minimum atomic E-state index is -4.96. The first-order chi connectivity index (χ1) is 9.17. The molecule has 0 radical (unpaired) electrons. The number of anilines is 1. The number of rotatable bonds is 2. The van der Waals surface area contributed by atoms with Crippen molar-refractivity contribution >= 4 is 11.8 Å². The number of halogens is 3. The first-order valence-corrected chi connectivity index (χ1v) is 5.41. The summed E-state index contributed by atoms with van der Waals surface area (Å²) in [5, 5.41) is 14.1. The van der Waals surface area contributed by atoms with Crippen LogP contribution in [-0.2, 0) is 4.79 Å². The van der Waals surface area contributed by atoms with Crippen molar-refractivity contribution in [2.45, 2.75) is 12.6 Å². The molecule has 2 heterocycles. The molecule has 0 aromatic carbocycles. The Kier molecular flexibility index (Phi) is 3.07. The van der Waals surface area contributed by atoms with Gasteiger partial charge in [-0.15, -0.1) is 5.10 Å². The first kappa shape index (κ1) is 14.1. The van der Waals surface area contributed by atoms with Gasteiger partial charge in [0.15, 0.2) is 5.41 Å². The van der Waals surface area contributed by atoms with Gasteiger partial charge in [0.1, 0.15) is 0 Å². The second-order valence-electron chi connectivity index (χ2n) is 4.39. The van der Waals surface area contributed by atoms with Crippen LogP contribution in [0, 0.1) is 5.41 Å². The van der Waals surface area contributed by atoms with Gasteiger partial charge in [0.25, 0.3) is 5.56 Å². The summed E-state index contributed by atoms with van der Waals surface area (Å²) < 4.78 is 38.8. The Morgan fingerprint density at radius 3 is 2.50 bits per heavy atom. The highest BCUT2D eigenvalue weighted by atomic mass is 19.4. The van der Waals surface area contributed by atoms with E-state index in [0.29, 0.717) is 0 Å². The highest BCUT2D eigenvalue weighted by molar-refractivity contribution is 5.77. The van der Waals surface area contributed by atoms with Crippen molar-refractivity contribution in [2.75, 3.05) is 18.0 Å². The van der Waals surface area contributed by atoms with Crippen molar-refractivity contribution in [1.82, 2.24) is 15.2 Å². The molecule has 8 nitrogen and oxygen atoms in total. The Labute approximate surface area is 108 Å². The van der Waals surface area contributed by atoms with Gasteiger partial charge >= 0.3 is 17.8 Å². The van der Waals surface area contributed by atoms with Crippen molar-refractivity contribution in [3.63, 3.8) is 0 Å². The number of carbonyl (C=O) groups is 1. The SMILES string of the molecule is O=C(O)C1(C(F)(F)F)CCN(c2n[nH]c(=O)[nH]c2=O)C1. The molecule has 20 heavy (non-hydrogen) atoms. The monoisotopic (exact) mass is 294 g/mol. The third-order valence-corrected chi connectivity index (χ3v) is 3.21. The lowest BCUT2D eigenvalue weighted by atomic mass is 9.86. The van der Waals surface area contributed by atoms with Crippen LogP contribution in [-0.4, -0.2) is 45.5 Å². The van der Waals surface area contributed by atoms with E-state index in [1.54, 1.807) is 0 Å². The standard InChI is InChI=1S/C9H9F3N4O4/c10-9(11,12)8(6(18)19)1-2-16(3-8)4-5(17)13-7(20)15-14-4/h1-3H2,(H,18,19)(H2,13,15,17,20). The molecule has 1 aromatic heterocycles. The second kappa shape index (κ2) is 4.35. The lowest BCUT2D eigenvalue weighted by molar-refractivity contribution is -0.225. The molecule has 1 fully saturated rings. The molecule has 3 N–H and O–H groups in total. The van der Waals surface area contributed by atoms with Crippen LogP contribution in [0.2, 0.25) is 0 Å². The van der Waals surface area contributed by atoms with Crippen LogP contribution in [0.5, 0.6) is 0 Å². The van der Waals surface area contributed by atoms with Gasteiger partial charge in [-0.2, -0.15) is 13.2 Å². The summed E-state index contributed by atoms with van der Waals surface area (Å²) in [4.78, 5) is 35.9. The number of carboxylic acid groups (broad SMARTS) is 1. The Balaban J connectivity index is 2.39. The van der Waals surface area contributed by atoms with Crippen LogP contribution in [0.3, 0.4) is 0 Å². The number of carboxylic acids is 1. The molecule has 1 unspecified atom stereocenters. The quantitative estimate of drug-likeness (QED) is 0.663. The van der Waals surface area contributed by atoms with Crippen molar-refractivity contribution < 1.29 is 23.1 Å². The topological polar surface area (TPSA) is 119 Å². The van der Waals surface area contributed by atoms with Gasteiger partial charge in [-0.1, -0.05) is 0 Å². The zero-order chi connectivity index (χ0) is 15.1. The lowest BCUT2D eigenvalue weighted by Gasteiger charge is -2.27. The third-order valence-electron chi connectivity index (χ3n) is 3.21. The number of alkyl halides is 3. The molecule has 0 bridgehead atoms. The minimum Gasteiger partial charge on any atom is -0.481 e. The summed E-state index contributed by atoms with van der Waals surface area (Å²) >= 11 is 0. The van der Waals surface area contributed by atoms with Gasteiger partial charge in [0, 0.05) is 13.1 Å². The lowest BCUT2D eigenvalue weighted by Crippen LogP contribution is -2.47. The number of nitrogens with one attached hydrogen (secondary N) is 2. The smallest absolute Gasteiger partial charge is 0.406 e. The van der Waals surface area contributed by atoms with Crippen molar-refractivity contribution in [1.29, 1.82) is 0 Å². The van der Waals surface area contributed by atoms with Crippen LogP contribution in [0.15, 0.2) is 9.59 Å². The molecule has 11 heteroatoms. The first-order valence-electron chi connectivity index (χ1n) is 5.41. The van der Waals surface area contributed by atoms with Crippen molar-refractivity contribution in [3.05, 3.63) is 20.8 Å². The van der Waals surface area contributed by atoms with E-state index in [4.69, 9.17) is 5.11 Å². The summed E-state index contributed by atoms with van der Waals surface area (Å²) in [7, 11) is 0. The molecular weight excluding hydrogens is 285 g/mol. The van der Waals surface area contributed by atoms with Crippen LogP contribution in [0.4, 0.5) is 19.0 Å². The summed E-state index contributed by atoms with van der Waals surface area (Å²) in [6, 6.07) is 0. The predicted molar refractivity (Wildman–Crippen MR) is 58.4 cm³/mol. The number of hydrogen-bond acceptors (Lipinski definition) is 5. The molecule has 0 amide bonds. The van der Waals surface area contributed by atoms with Gasteiger partial charge in [-0.25, -0.2) is 9.89 Å². The largest absolute Gasteiger partial charge is 0.481 e. The summed E-state index contributed by atoms with van der Waals surface area (Å²) in [6.45, 7) is -1.25. The van der Waals surface area contributed by atoms with Crippen LogP contribution >= 0.6 is 0 Å². The number of aromatic nitrogens is 3. The average Bonchev–Trinajstić information content (AvgIpc) is 2.74. The number of aliphatic carboxylic acids is 1. The van der Waals surface area contributed by atoms with E-state index in [2.05, 4.69) is 5.10 Å². The molecule has 110 valence electrons. The Bertz CT molecular complexity index is 652. The van der Waals surface area contributed by atoms with E-state index < -0.39 is 47.6 Å². The van der Waals surface area contributed by atoms with Crippen LogP contribution in [0.25, 0.3) is 0 Å². The van der Waals surface area contributed by atoms with E-state index >= 15 is 0 Å². The van der Waals surface area contributed by atoms with E-state index in [1.807, 2.05) is 10.1 Å². The molecule has 1 aliphatic heterocycles. The van der Waals surface area contributed by atoms with Gasteiger partial charge in [0.2, 0.25) is 5.82 Å². The van der Waals surface area contributed by atoms with E-state index in [1.165, 1.54) is 0 Å². The molecule has 1 atom stereocenters. The number of nitrogens with zero attached hydrogens (tertiary/aromatic N) is 2. The van der Waals surface area contributed by atoms with Crippen molar-refractivity contribution in [2.24, 2.45) is 5.41 Å². The molecule has 1 saturated heterocycles. The summed E-state index contributed by atoms with van der Waals surface area (Å²) in [5.41, 5.74) is -4.83. The Hall–Kier alpha value is -2.33. The Morgan fingerprint density at radius 2 is 2.05 bits per heavy atom. The highest BCUT2D eigenvalue weighted by Crippen LogP contribution is 2.46. The fourth-order valence-electron chi connectivity index (χ4n) is 2.07. The van der Waals surface area contributed by atoms with E-state index in [-0.39, 0.29) is 6.54 Å². The second-order valence-corrected chi connectivity index (χ2v) is 4.39. The van der Waals surface area contributed by atoms with E-state index in [9.17, 15) is 27.6 Å². The molecule has 1 aromatic rings. The molecule has 0 aliphatic carbocycles. The minimum absolute atomic E-state index is 0.312. The van der Waals surface area contributed by atoms with Gasteiger partial charge in [-0.3, -0.25) is 14.6 Å². The number of H-pyrrole nitrogens is 2. The summed E-state index contributed by atoms with van der Waals surface area (Å²) in [5.74, 6) is -2.45. The van der Waals surface area contributed by atoms with Gasteiger partial charge in [-0.05, 0) is 6.42 Å². The number of aromatic amines is 2. The molecule has 0 spiro atoms. The molecule has 1 aliphatic rings. The molecular formula is C9H9F3N4O4. The maximum atomic E-state index is 12.9. The predicted octanol–water partition coefficient (Wildman–Crippen LogP) is -0.698. The summed E-state index contributed by atoms with van der Waals surface area (Å²) in [6.07, 6.45) is -5.66.